The van der Waals surface area contributed by atoms with Gasteiger partial charge in [-0.1, -0.05) is 43.0 Å². The molecule has 0 heterocycles. The molecular formula is C16H20ClN3O. The minimum Gasteiger partial charge on any atom is -0.321 e. The molecule has 112 valence electrons. The van der Waals surface area contributed by atoms with E-state index in [9.17, 15) is 4.79 Å². The largest absolute Gasteiger partial charge is 0.322 e. The van der Waals surface area contributed by atoms with Crippen LogP contribution in [0.3, 0.4) is 0 Å². The van der Waals surface area contributed by atoms with Crippen molar-refractivity contribution >= 4 is 23.3 Å². The standard InChI is InChI=1S/C16H20ClN3O/c17-14-9-4-5-10-15(14)19-16(21)20(12-6-11-18)13-7-2-1-3-8-13/h4-5,9-10,13H,1-3,6-8,12H2,(H,19,21). The Kier molecular flexibility index (Phi) is 5.89. The van der Waals surface area contributed by atoms with Crippen LogP contribution < -0.4 is 5.32 Å². The average molecular weight is 306 g/mol. The fraction of sp³-hybridized carbons (Fsp3) is 0.500. The van der Waals surface area contributed by atoms with Gasteiger partial charge in [0, 0.05) is 12.6 Å². The van der Waals surface area contributed by atoms with Crippen LogP contribution in [0, 0.1) is 11.3 Å². The van der Waals surface area contributed by atoms with Crippen LogP contribution in [0.15, 0.2) is 24.3 Å². The highest BCUT2D eigenvalue weighted by molar-refractivity contribution is 6.33. The summed E-state index contributed by atoms with van der Waals surface area (Å²) >= 11 is 6.08. The van der Waals surface area contributed by atoms with Crippen LogP contribution in [0.4, 0.5) is 10.5 Å². The summed E-state index contributed by atoms with van der Waals surface area (Å²) in [5, 5.41) is 12.2. The summed E-state index contributed by atoms with van der Waals surface area (Å²) < 4.78 is 0. The lowest BCUT2D eigenvalue weighted by molar-refractivity contribution is 0.169. The number of nitriles is 1. The van der Waals surface area contributed by atoms with Gasteiger partial charge in [-0.25, -0.2) is 4.79 Å². The maximum absolute atomic E-state index is 12.5. The second kappa shape index (κ2) is 7.90. The van der Waals surface area contributed by atoms with Crippen molar-refractivity contribution in [1.82, 2.24) is 4.90 Å². The maximum atomic E-state index is 12.5. The Hall–Kier alpha value is -1.73. The number of hydrogen-bond acceptors (Lipinski definition) is 2. The monoisotopic (exact) mass is 305 g/mol. The molecule has 1 saturated carbocycles. The predicted molar refractivity (Wildman–Crippen MR) is 84.3 cm³/mol. The van der Waals surface area contributed by atoms with Crippen LogP contribution in [0.1, 0.15) is 38.5 Å². The first-order valence-corrected chi connectivity index (χ1v) is 7.79. The van der Waals surface area contributed by atoms with Gasteiger partial charge in [-0.05, 0) is 25.0 Å². The first kappa shape index (κ1) is 15.7. The van der Waals surface area contributed by atoms with Crippen LogP contribution in [0.25, 0.3) is 0 Å². The van der Waals surface area contributed by atoms with E-state index in [0.717, 1.165) is 25.7 Å². The number of hydrogen-bond donors (Lipinski definition) is 1. The highest BCUT2D eigenvalue weighted by Gasteiger charge is 2.25. The summed E-state index contributed by atoms with van der Waals surface area (Å²) in [4.78, 5) is 14.3. The van der Waals surface area contributed by atoms with Crippen LogP contribution >= 0.6 is 11.6 Å². The van der Waals surface area contributed by atoms with Crippen molar-refractivity contribution in [1.29, 1.82) is 5.26 Å². The molecule has 0 radical (unpaired) electrons. The molecule has 1 aromatic carbocycles. The Balaban J connectivity index is 2.06. The summed E-state index contributed by atoms with van der Waals surface area (Å²) in [7, 11) is 0. The Bertz CT molecular complexity index is 520. The molecule has 0 spiro atoms. The fourth-order valence-corrected chi connectivity index (χ4v) is 2.95. The quantitative estimate of drug-likeness (QED) is 0.895. The van der Waals surface area contributed by atoms with Crippen LogP contribution in [-0.2, 0) is 0 Å². The predicted octanol–water partition coefficient (Wildman–Crippen LogP) is 4.42. The van der Waals surface area contributed by atoms with E-state index in [1.807, 2.05) is 12.1 Å². The van der Waals surface area contributed by atoms with E-state index < -0.39 is 0 Å². The van der Waals surface area contributed by atoms with Gasteiger partial charge in [0.2, 0.25) is 0 Å². The van der Waals surface area contributed by atoms with Crippen molar-refractivity contribution in [3.05, 3.63) is 29.3 Å². The molecule has 1 aliphatic carbocycles. The smallest absolute Gasteiger partial charge is 0.321 e. The van der Waals surface area contributed by atoms with Gasteiger partial charge < -0.3 is 10.2 Å². The zero-order valence-electron chi connectivity index (χ0n) is 12.0. The lowest BCUT2D eigenvalue weighted by Crippen LogP contribution is -2.44. The van der Waals surface area contributed by atoms with Crippen molar-refractivity contribution in [3.8, 4) is 6.07 Å². The normalized spacial score (nSPS) is 15.2. The van der Waals surface area contributed by atoms with Gasteiger partial charge in [0.25, 0.3) is 0 Å². The van der Waals surface area contributed by atoms with Crippen molar-refractivity contribution in [2.75, 3.05) is 11.9 Å². The Labute approximate surface area is 130 Å². The van der Waals surface area contributed by atoms with Gasteiger partial charge in [0.1, 0.15) is 0 Å². The second-order valence-electron chi connectivity index (χ2n) is 5.30. The number of urea groups is 1. The summed E-state index contributed by atoms with van der Waals surface area (Å²) in [6.07, 6.45) is 5.91. The van der Waals surface area contributed by atoms with Gasteiger partial charge in [-0.3, -0.25) is 0 Å². The molecule has 1 N–H and O–H groups in total. The number of anilines is 1. The van der Waals surface area contributed by atoms with E-state index in [2.05, 4.69) is 11.4 Å². The van der Waals surface area contributed by atoms with E-state index in [-0.39, 0.29) is 12.1 Å². The third kappa shape index (κ3) is 4.37. The number of carbonyl (C=O) groups excluding carboxylic acids is 1. The van der Waals surface area contributed by atoms with Crippen LogP contribution in [0.5, 0.6) is 0 Å². The van der Waals surface area contributed by atoms with E-state index in [4.69, 9.17) is 16.9 Å². The summed E-state index contributed by atoms with van der Waals surface area (Å²) in [6, 6.07) is 9.38. The molecule has 2 rings (SSSR count). The molecule has 2 amide bonds. The lowest BCUT2D eigenvalue weighted by Gasteiger charge is -2.34. The highest BCUT2D eigenvalue weighted by Crippen LogP contribution is 2.25. The number of carbonyl (C=O) groups is 1. The topological polar surface area (TPSA) is 56.1 Å². The molecule has 1 aliphatic rings. The first-order valence-electron chi connectivity index (χ1n) is 7.41. The molecule has 1 aromatic rings. The molecule has 0 aliphatic heterocycles. The number of benzene rings is 1. The van der Waals surface area contributed by atoms with Crippen LogP contribution in [-0.4, -0.2) is 23.5 Å². The first-order chi connectivity index (χ1) is 10.2. The molecule has 5 heteroatoms. The minimum absolute atomic E-state index is 0.162. The van der Waals surface area contributed by atoms with E-state index in [1.54, 1.807) is 17.0 Å². The molecule has 4 nitrogen and oxygen atoms in total. The van der Waals surface area contributed by atoms with E-state index >= 15 is 0 Å². The van der Waals surface area contributed by atoms with Gasteiger partial charge in [0.15, 0.2) is 0 Å². The number of rotatable bonds is 4. The second-order valence-corrected chi connectivity index (χ2v) is 5.71. The molecule has 0 bridgehead atoms. The molecule has 21 heavy (non-hydrogen) atoms. The Morgan fingerprint density at radius 2 is 2.05 bits per heavy atom. The average Bonchev–Trinajstić information content (AvgIpc) is 2.51. The number of para-hydroxylation sites is 1. The van der Waals surface area contributed by atoms with Crippen molar-refractivity contribution in [2.45, 2.75) is 44.6 Å². The molecular weight excluding hydrogens is 286 g/mol. The number of halogens is 1. The fourth-order valence-electron chi connectivity index (χ4n) is 2.76. The van der Waals surface area contributed by atoms with Gasteiger partial charge >= 0.3 is 6.03 Å². The molecule has 1 fully saturated rings. The van der Waals surface area contributed by atoms with Crippen molar-refractivity contribution in [3.63, 3.8) is 0 Å². The maximum Gasteiger partial charge on any atom is 0.322 e. The van der Waals surface area contributed by atoms with Gasteiger partial charge in [-0.15, -0.1) is 0 Å². The number of nitrogens with zero attached hydrogens (tertiary/aromatic N) is 2. The summed E-state index contributed by atoms with van der Waals surface area (Å²) in [6.45, 7) is 0.470. The highest BCUT2D eigenvalue weighted by atomic mass is 35.5. The molecule has 0 aromatic heterocycles. The molecule has 0 atom stereocenters. The molecule has 0 unspecified atom stereocenters. The van der Waals surface area contributed by atoms with Crippen molar-refractivity contribution in [2.24, 2.45) is 0 Å². The molecule has 0 saturated heterocycles. The van der Waals surface area contributed by atoms with E-state index in [0.29, 0.717) is 23.7 Å². The summed E-state index contributed by atoms with van der Waals surface area (Å²) in [5.74, 6) is 0. The lowest BCUT2D eigenvalue weighted by atomic mass is 9.94. The van der Waals surface area contributed by atoms with E-state index in [1.165, 1.54) is 6.42 Å². The Morgan fingerprint density at radius 1 is 1.33 bits per heavy atom. The van der Waals surface area contributed by atoms with Crippen molar-refractivity contribution < 1.29 is 4.79 Å². The number of amides is 2. The third-order valence-electron chi connectivity index (χ3n) is 3.86. The zero-order valence-corrected chi connectivity index (χ0v) is 12.8. The summed E-state index contributed by atoms with van der Waals surface area (Å²) in [5.41, 5.74) is 0.613. The van der Waals surface area contributed by atoms with Crippen LogP contribution in [0.2, 0.25) is 5.02 Å². The number of nitrogens with one attached hydrogen (secondary N) is 1. The zero-order chi connectivity index (χ0) is 15.1. The van der Waals surface area contributed by atoms with Gasteiger partial charge in [-0.2, -0.15) is 5.26 Å². The minimum atomic E-state index is -0.162. The SMILES string of the molecule is N#CCCN(C(=O)Nc1ccccc1Cl)C1CCCCC1. The van der Waals surface area contributed by atoms with Gasteiger partial charge in [0.05, 0.1) is 23.2 Å². The third-order valence-corrected chi connectivity index (χ3v) is 4.19. The Morgan fingerprint density at radius 3 is 2.71 bits per heavy atom.